The SMILES string of the molecule is CCc1nc([C@@H](C)NC(=O)NCc2scnc2C)cs1. The summed E-state index contributed by atoms with van der Waals surface area (Å²) in [5.41, 5.74) is 3.67. The average molecular weight is 310 g/mol. The Labute approximate surface area is 126 Å². The van der Waals surface area contributed by atoms with Gasteiger partial charge < -0.3 is 10.6 Å². The van der Waals surface area contributed by atoms with Crippen molar-refractivity contribution in [3.63, 3.8) is 0 Å². The number of hydrogen-bond acceptors (Lipinski definition) is 5. The Hall–Kier alpha value is -1.47. The second kappa shape index (κ2) is 6.81. The highest BCUT2D eigenvalue weighted by atomic mass is 32.1. The number of rotatable bonds is 5. The molecule has 1 atom stereocenters. The number of thiazole rings is 2. The number of urea groups is 1. The summed E-state index contributed by atoms with van der Waals surface area (Å²) >= 11 is 3.18. The third-order valence-corrected chi connectivity index (χ3v) is 4.86. The Balaban J connectivity index is 1.83. The van der Waals surface area contributed by atoms with Gasteiger partial charge in [0, 0.05) is 10.3 Å². The van der Waals surface area contributed by atoms with Gasteiger partial charge in [0.05, 0.1) is 34.5 Å². The molecule has 0 aliphatic heterocycles. The number of carbonyl (C=O) groups is 1. The summed E-state index contributed by atoms with van der Waals surface area (Å²) in [6, 6.07) is -0.273. The van der Waals surface area contributed by atoms with Crippen molar-refractivity contribution >= 4 is 28.7 Å². The Kier molecular flexibility index (Phi) is 5.08. The third kappa shape index (κ3) is 3.77. The molecule has 0 aliphatic carbocycles. The van der Waals surface area contributed by atoms with Crippen molar-refractivity contribution in [1.29, 1.82) is 0 Å². The van der Waals surface area contributed by atoms with Crippen molar-refractivity contribution in [3.8, 4) is 0 Å². The van der Waals surface area contributed by atoms with Crippen LogP contribution in [-0.2, 0) is 13.0 Å². The van der Waals surface area contributed by atoms with E-state index < -0.39 is 0 Å². The van der Waals surface area contributed by atoms with Crippen LogP contribution in [0.25, 0.3) is 0 Å². The van der Waals surface area contributed by atoms with E-state index in [4.69, 9.17) is 0 Å². The van der Waals surface area contributed by atoms with E-state index in [9.17, 15) is 4.79 Å². The maximum atomic E-state index is 11.8. The van der Waals surface area contributed by atoms with Gasteiger partial charge in [-0.15, -0.1) is 22.7 Å². The first kappa shape index (κ1) is 14.9. The minimum atomic E-state index is -0.184. The first-order valence-corrected chi connectivity index (χ1v) is 8.23. The lowest BCUT2D eigenvalue weighted by Gasteiger charge is -2.12. The number of nitrogens with zero attached hydrogens (tertiary/aromatic N) is 2. The van der Waals surface area contributed by atoms with Gasteiger partial charge in [0.1, 0.15) is 0 Å². The number of nitrogens with one attached hydrogen (secondary N) is 2. The maximum Gasteiger partial charge on any atom is 0.315 e. The highest BCUT2D eigenvalue weighted by Crippen LogP contribution is 2.17. The van der Waals surface area contributed by atoms with Gasteiger partial charge in [-0.3, -0.25) is 0 Å². The molecule has 0 spiro atoms. The largest absolute Gasteiger partial charge is 0.333 e. The van der Waals surface area contributed by atoms with Crippen LogP contribution in [0.3, 0.4) is 0 Å². The van der Waals surface area contributed by atoms with E-state index in [1.807, 2.05) is 19.2 Å². The first-order valence-electron chi connectivity index (χ1n) is 6.47. The zero-order chi connectivity index (χ0) is 14.5. The van der Waals surface area contributed by atoms with Gasteiger partial charge in [0.25, 0.3) is 0 Å². The minimum Gasteiger partial charge on any atom is -0.333 e. The van der Waals surface area contributed by atoms with Gasteiger partial charge in [-0.05, 0) is 20.3 Å². The molecule has 2 rings (SSSR count). The van der Waals surface area contributed by atoms with E-state index in [-0.39, 0.29) is 12.1 Å². The van der Waals surface area contributed by atoms with Crippen LogP contribution in [0.1, 0.15) is 41.2 Å². The Morgan fingerprint density at radius 1 is 1.45 bits per heavy atom. The van der Waals surface area contributed by atoms with E-state index >= 15 is 0 Å². The van der Waals surface area contributed by atoms with Crippen molar-refractivity contribution in [2.75, 3.05) is 0 Å². The fourth-order valence-electron chi connectivity index (χ4n) is 1.66. The van der Waals surface area contributed by atoms with Crippen molar-refractivity contribution in [3.05, 3.63) is 32.2 Å². The Morgan fingerprint density at radius 2 is 2.25 bits per heavy atom. The standard InChI is InChI=1S/C13H18N4OS2/c1-4-12-17-10(6-19-12)8(2)16-13(18)14-5-11-9(3)15-7-20-11/h6-8H,4-5H2,1-3H3,(H2,14,16,18)/t8-/m1/s1. The van der Waals surface area contributed by atoms with Gasteiger partial charge in [-0.2, -0.15) is 0 Å². The summed E-state index contributed by atoms with van der Waals surface area (Å²) in [6.07, 6.45) is 0.925. The number of hydrogen-bond donors (Lipinski definition) is 2. The molecule has 0 saturated carbocycles. The van der Waals surface area contributed by atoms with E-state index in [0.717, 1.165) is 27.7 Å². The second-order valence-corrected chi connectivity index (χ2v) is 6.31. The first-order chi connectivity index (χ1) is 9.60. The predicted octanol–water partition coefficient (Wildman–Crippen LogP) is 3.03. The van der Waals surface area contributed by atoms with Crippen molar-refractivity contribution in [2.24, 2.45) is 0 Å². The van der Waals surface area contributed by atoms with Crippen molar-refractivity contribution in [1.82, 2.24) is 20.6 Å². The van der Waals surface area contributed by atoms with Crippen LogP contribution in [0, 0.1) is 6.92 Å². The minimum absolute atomic E-state index is 0.0888. The summed E-state index contributed by atoms with van der Waals surface area (Å²) in [7, 11) is 0. The number of amides is 2. The number of aryl methyl sites for hydroxylation is 2. The van der Waals surface area contributed by atoms with Crippen LogP contribution in [-0.4, -0.2) is 16.0 Å². The van der Waals surface area contributed by atoms with Gasteiger partial charge >= 0.3 is 6.03 Å². The molecule has 2 heterocycles. The highest BCUT2D eigenvalue weighted by molar-refractivity contribution is 7.10. The Morgan fingerprint density at radius 3 is 2.85 bits per heavy atom. The molecule has 0 bridgehead atoms. The molecule has 108 valence electrons. The molecule has 7 heteroatoms. The third-order valence-electron chi connectivity index (χ3n) is 2.92. The summed E-state index contributed by atoms with van der Waals surface area (Å²) in [5.74, 6) is 0. The second-order valence-electron chi connectivity index (χ2n) is 4.43. The van der Waals surface area contributed by atoms with Crippen LogP contribution in [0.15, 0.2) is 10.9 Å². The van der Waals surface area contributed by atoms with Crippen LogP contribution in [0.4, 0.5) is 4.79 Å². The monoisotopic (exact) mass is 310 g/mol. The molecule has 5 nitrogen and oxygen atoms in total. The molecular formula is C13H18N4OS2. The number of aromatic nitrogens is 2. The topological polar surface area (TPSA) is 66.9 Å². The van der Waals surface area contributed by atoms with E-state index in [1.165, 1.54) is 0 Å². The summed E-state index contributed by atoms with van der Waals surface area (Å²) < 4.78 is 0. The predicted molar refractivity (Wildman–Crippen MR) is 82.1 cm³/mol. The highest BCUT2D eigenvalue weighted by Gasteiger charge is 2.12. The molecular weight excluding hydrogens is 292 g/mol. The van der Waals surface area contributed by atoms with Gasteiger partial charge in [-0.25, -0.2) is 14.8 Å². The summed E-state index contributed by atoms with van der Waals surface area (Å²) in [4.78, 5) is 21.6. The Bertz CT molecular complexity index is 578. The normalized spacial score (nSPS) is 12.2. The molecule has 0 fully saturated rings. The smallest absolute Gasteiger partial charge is 0.315 e. The molecule has 0 unspecified atom stereocenters. The molecule has 2 N–H and O–H groups in total. The molecule has 0 aromatic carbocycles. The molecule has 2 aromatic heterocycles. The zero-order valence-corrected chi connectivity index (χ0v) is 13.4. The van der Waals surface area contributed by atoms with E-state index in [1.54, 1.807) is 28.2 Å². The molecule has 2 aromatic rings. The number of carbonyl (C=O) groups excluding carboxylic acids is 1. The molecule has 20 heavy (non-hydrogen) atoms. The van der Waals surface area contributed by atoms with Crippen molar-refractivity contribution < 1.29 is 4.79 Å². The van der Waals surface area contributed by atoms with E-state index in [2.05, 4.69) is 27.5 Å². The summed E-state index contributed by atoms with van der Waals surface area (Å²) in [6.45, 7) is 6.46. The van der Waals surface area contributed by atoms with E-state index in [0.29, 0.717) is 6.54 Å². The lowest BCUT2D eigenvalue weighted by atomic mass is 10.2. The average Bonchev–Trinajstić information content (AvgIpc) is 3.05. The summed E-state index contributed by atoms with van der Waals surface area (Å²) in [5, 5.41) is 8.83. The van der Waals surface area contributed by atoms with Crippen LogP contribution in [0.5, 0.6) is 0 Å². The lowest BCUT2D eigenvalue weighted by Crippen LogP contribution is -2.36. The quantitative estimate of drug-likeness (QED) is 0.892. The van der Waals surface area contributed by atoms with Crippen LogP contribution in [0.2, 0.25) is 0 Å². The van der Waals surface area contributed by atoms with Gasteiger partial charge in [0.2, 0.25) is 0 Å². The van der Waals surface area contributed by atoms with Gasteiger partial charge in [0.15, 0.2) is 0 Å². The molecule has 0 radical (unpaired) electrons. The zero-order valence-electron chi connectivity index (χ0n) is 11.8. The van der Waals surface area contributed by atoms with Crippen molar-refractivity contribution in [2.45, 2.75) is 39.8 Å². The van der Waals surface area contributed by atoms with Gasteiger partial charge in [-0.1, -0.05) is 6.92 Å². The fraction of sp³-hybridized carbons (Fsp3) is 0.462. The molecule has 0 aliphatic rings. The molecule has 0 saturated heterocycles. The van der Waals surface area contributed by atoms with Crippen LogP contribution < -0.4 is 10.6 Å². The van der Waals surface area contributed by atoms with Crippen LogP contribution >= 0.6 is 22.7 Å². The lowest BCUT2D eigenvalue weighted by molar-refractivity contribution is 0.237. The molecule has 2 amide bonds. The maximum absolute atomic E-state index is 11.8. The fourth-order valence-corrected chi connectivity index (χ4v) is 3.22.